The van der Waals surface area contributed by atoms with E-state index in [-0.39, 0.29) is 5.54 Å². The summed E-state index contributed by atoms with van der Waals surface area (Å²) < 4.78 is 6.17. The second-order valence-electron chi connectivity index (χ2n) is 7.19. The molecule has 2 fully saturated rings. The summed E-state index contributed by atoms with van der Waals surface area (Å²) in [5.74, 6) is 0. The Kier molecular flexibility index (Phi) is 5.23. The Labute approximate surface area is 118 Å². The molecule has 112 valence electrons. The van der Waals surface area contributed by atoms with Gasteiger partial charge in [0.1, 0.15) is 0 Å². The Hall–Kier alpha value is -0.160. The molecule has 0 aromatic carbocycles. The molecule has 2 rings (SSSR count). The highest BCUT2D eigenvalue weighted by atomic mass is 16.5. The lowest BCUT2D eigenvalue weighted by molar-refractivity contribution is 0.0126. The van der Waals surface area contributed by atoms with Crippen LogP contribution in [0.25, 0.3) is 0 Å². The van der Waals surface area contributed by atoms with Crippen LogP contribution in [0.3, 0.4) is 0 Å². The van der Waals surface area contributed by atoms with Crippen LogP contribution in [-0.2, 0) is 4.74 Å². The van der Waals surface area contributed by atoms with E-state index < -0.39 is 0 Å². The predicted octanol–water partition coefficient (Wildman–Crippen LogP) is 1.17. The molecule has 2 aliphatic heterocycles. The molecule has 0 aromatic heterocycles. The van der Waals surface area contributed by atoms with Crippen molar-refractivity contribution in [3.8, 4) is 0 Å². The van der Waals surface area contributed by atoms with Gasteiger partial charge in [-0.1, -0.05) is 0 Å². The van der Waals surface area contributed by atoms with Crippen LogP contribution in [0.4, 0.5) is 0 Å². The van der Waals surface area contributed by atoms with Crippen molar-refractivity contribution in [1.82, 2.24) is 15.1 Å². The molecule has 0 bridgehead atoms. The largest absolute Gasteiger partial charge is 0.372 e. The lowest BCUT2D eigenvalue weighted by Crippen LogP contribution is -2.47. The summed E-state index contributed by atoms with van der Waals surface area (Å²) in [6.45, 7) is 13.5. The molecule has 2 atom stereocenters. The number of piperazine rings is 1. The zero-order valence-corrected chi connectivity index (χ0v) is 13.1. The molecule has 1 N–H and O–H groups in total. The van der Waals surface area contributed by atoms with Gasteiger partial charge in [0.15, 0.2) is 0 Å². The fourth-order valence-electron chi connectivity index (χ4n) is 2.80. The van der Waals surface area contributed by atoms with Crippen LogP contribution in [-0.4, -0.2) is 73.9 Å². The highest BCUT2D eigenvalue weighted by Crippen LogP contribution is 2.21. The van der Waals surface area contributed by atoms with Gasteiger partial charge < -0.3 is 15.0 Å². The topological polar surface area (TPSA) is 27.7 Å². The van der Waals surface area contributed by atoms with E-state index in [4.69, 9.17) is 4.74 Å². The number of rotatable bonds is 4. The van der Waals surface area contributed by atoms with Crippen molar-refractivity contribution in [3.05, 3.63) is 0 Å². The Balaban J connectivity index is 1.65. The third-order valence-corrected chi connectivity index (χ3v) is 4.11. The fourth-order valence-corrected chi connectivity index (χ4v) is 2.80. The number of hydrogen-bond acceptors (Lipinski definition) is 4. The maximum atomic E-state index is 6.17. The van der Waals surface area contributed by atoms with Gasteiger partial charge in [0.05, 0.1) is 12.2 Å². The molecule has 2 heterocycles. The quantitative estimate of drug-likeness (QED) is 0.829. The highest BCUT2D eigenvalue weighted by molar-refractivity contribution is 4.82. The molecule has 2 unspecified atom stereocenters. The van der Waals surface area contributed by atoms with Gasteiger partial charge >= 0.3 is 0 Å². The molecule has 4 heteroatoms. The summed E-state index contributed by atoms with van der Waals surface area (Å²) >= 11 is 0. The molecule has 0 saturated carbocycles. The standard InChI is InChI=1S/C15H31N3O/c1-15(2,3)16-11-13-5-6-14(19-13)12-18-9-7-17(4)8-10-18/h13-14,16H,5-12H2,1-4H3. The lowest BCUT2D eigenvalue weighted by atomic mass is 10.1. The smallest absolute Gasteiger partial charge is 0.0707 e. The Bertz CT molecular complexity index is 269. The predicted molar refractivity (Wildman–Crippen MR) is 79.6 cm³/mol. The van der Waals surface area contributed by atoms with Gasteiger partial charge in [0.25, 0.3) is 0 Å². The number of hydrogen-bond donors (Lipinski definition) is 1. The van der Waals surface area contributed by atoms with Crippen molar-refractivity contribution in [1.29, 1.82) is 0 Å². The van der Waals surface area contributed by atoms with Crippen LogP contribution in [0.5, 0.6) is 0 Å². The van der Waals surface area contributed by atoms with Gasteiger partial charge in [-0.05, 0) is 40.7 Å². The summed E-state index contributed by atoms with van der Waals surface area (Å²) in [7, 11) is 2.21. The van der Waals surface area contributed by atoms with Crippen molar-refractivity contribution in [3.63, 3.8) is 0 Å². The van der Waals surface area contributed by atoms with Gasteiger partial charge in [-0.25, -0.2) is 0 Å². The van der Waals surface area contributed by atoms with Crippen molar-refractivity contribution in [2.45, 2.75) is 51.4 Å². The first-order valence-corrected chi connectivity index (χ1v) is 7.74. The third kappa shape index (κ3) is 5.38. The van der Waals surface area contributed by atoms with Crippen molar-refractivity contribution >= 4 is 0 Å². The molecule has 0 radical (unpaired) electrons. The molecule has 0 aromatic rings. The Morgan fingerprint density at radius 3 is 2.32 bits per heavy atom. The summed E-state index contributed by atoms with van der Waals surface area (Å²) in [5.41, 5.74) is 0.193. The molecule has 2 saturated heterocycles. The van der Waals surface area contributed by atoms with Crippen LogP contribution >= 0.6 is 0 Å². The van der Waals surface area contributed by atoms with Gasteiger partial charge in [-0.3, -0.25) is 4.90 Å². The van der Waals surface area contributed by atoms with E-state index in [9.17, 15) is 0 Å². The van der Waals surface area contributed by atoms with Crippen molar-refractivity contribution in [2.24, 2.45) is 0 Å². The van der Waals surface area contributed by atoms with Crippen molar-refractivity contribution < 1.29 is 4.74 Å². The molecular weight excluding hydrogens is 238 g/mol. The molecule has 0 amide bonds. The lowest BCUT2D eigenvalue weighted by Gasteiger charge is -2.33. The minimum atomic E-state index is 0.193. The van der Waals surface area contributed by atoms with Crippen LogP contribution in [0.2, 0.25) is 0 Å². The molecule has 4 nitrogen and oxygen atoms in total. The zero-order valence-electron chi connectivity index (χ0n) is 13.1. The number of nitrogens with one attached hydrogen (secondary N) is 1. The molecule has 0 spiro atoms. The average Bonchev–Trinajstić information content (AvgIpc) is 2.77. The molecule has 2 aliphatic rings. The third-order valence-electron chi connectivity index (χ3n) is 4.11. The first-order valence-electron chi connectivity index (χ1n) is 7.74. The minimum absolute atomic E-state index is 0.193. The van der Waals surface area contributed by atoms with Crippen LogP contribution in [0.1, 0.15) is 33.6 Å². The Morgan fingerprint density at radius 2 is 1.68 bits per heavy atom. The van der Waals surface area contributed by atoms with Gasteiger partial charge in [-0.2, -0.15) is 0 Å². The minimum Gasteiger partial charge on any atom is -0.372 e. The highest BCUT2D eigenvalue weighted by Gasteiger charge is 2.28. The monoisotopic (exact) mass is 269 g/mol. The second-order valence-corrected chi connectivity index (χ2v) is 7.19. The number of ether oxygens (including phenoxy) is 1. The van der Waals surface area contributed by atoms with E-state index >= 15 is 0 Å². The van der Waals surface area contributed by atoms with Crippen LogP contribution in [0.15, 0.2) is 0 Å². The average molecular weight is 269 g/mol. The first-order chi connectivity index (χ1) is 8.92. The van der Waals surface area contributed by atoms with Gasteiger partial charge in [-0.15, -0.1) is 0 Å². The van der Waals surface area contributed by atoms with E-state index in [1.807, 2.05) is 0 Å². The summed E-state index contributed by atoms with van der Waals surface area (Å²) in [6, 6.07) is 0. The summed E-state index contributed by atoms with van der Waals surface area (Å²) in [4.78, 5) is 4.96. The van der Waals surface area contributed by atoms with E-state index in [0.29, 0.717) is 12.2 Å². The molecule has 0 aliphatic carbocycles. The van der Waals surface area contributed by atoms with Gasteiger partial charge in [0.2, 0.25) is 0 Å². The maximum absolute atomic E-state index is 6.17. The van der Waals surface area contributed by atoms with E-state index in [1.54, 1.807) is 0 Å². The van der Waals surface area contributed by atoms with Crippen LogP contribution in [0, 0.1) is 0 Å². The van der Waals surface area contributed by atoms with Crippen LogP contribution < -0.4 is 5.32 Å². The molecule has 19 heavy (non-hydrogen) atoms. The number of nitrogens with zero attached hydrogens (tertiary/aromatic N) is 2. The molecular formula is C15H31N3O. The zero-order chi connectivity index (χ0) is 13.9. The SMILES string of the molecule is CN1CCN(CC2CCC(CNC(C)(C)C)O2)CC1. The summed E-state index contributed by atoms with van der Waals surface area (Å²) in [6.07, 6.45) is 3.30. The fraction of sp³-hybridized carbons (Fsp3) is 1.00. The Morgan fingerprint density at radius 1 is 1.05 bits per heavy atom. The van der Waals surface area contributed by atoms with Crippen molar-refractivity contribution in [2.75, 3.05) is 46.3 Å². The van der Waals surface area contributed by atoms with Gasteiger partial charge in [0, 0.05) is 44.8 Å². The maximum Gasteiger partial charge on any atom is 0.0707 e. The summed E-state index contributed by atoms with van der Waals surface area (Å²) in [5, 5.41) is 3.55. The van der Waals surface area contributed by atoms with E-state index in [2.05, 4.69) is 42.9 Å². The van der Waals surface area contributed by atoms with E-state index in [1.165, 1.54) is 39.0 Å². The second kappa shape index (κ2) is 6.53. The van der Waals surface area contributed by atoms with E-state index in [0.717, 1.165) is 13.1 Å². The number of likely N-dealkylation sites (N-methyl/N-ethyl adjacent to an activating group) is 1. The normalized spacial score (nSPS) is 30.9. The first kappa shape index (κ1) is 15.2.